The first kappa shape index (κ1) is 16.8. The number of carbonyl (C=O) groups is 1. The molecule has 25 heavy (non-hydrogen) atoms. The number of halogens is 1. The maximum absolute atomic E-state index is 12.8. The molecule has 7 nitrogen and oxygen atoms in total. The number of H-pyrrole nitrogens is 2. The van der Waals surface area contributed by atoms with Crippen LogP contribution in [0, 0.1) is 0 Å². The Labute approximate surface area is 155 Å². The third kappa shape index (κ3) is 3.23. The number of aromatic amines is 2. The van der Waals surface area contributed by atoms with E-state index >= 15 is 0 Å². The monoisotopic (exact) mass is 406 g/mol. The van der Waals surface area contributed by atoms with E-state index in [1.165, 1.54) is 12.8 Å². The van der Waals surface area contributed by atoms with Crippen LogP contribution in [-0.4, -0.2) is 49.3 Å². The number of amides is 1. The van der Waals surface area contributed by atoms with E-state index in [0.717, 1.165) is 47.7 Å². The zero-order valence-electron chi connectivity index (χ0n) is 14.5. The average molecular weight is 407 g/mol. The van der Waals surface area contributed by atoms with Crippen molar-refractivity contribution in [3.8, 4) is 0 Å². The van der Waals surface area contributed by atoms with Gasteiger partial charge in [0.05, 0.1) is 10.2 Å². The Morgan fingerprint density at radius 1 is 1.12 bits per heavy atom. The third-order valence-corrected chi connectivity index (χ3v) is 5.95. The third-order valence-electron chi connectivity index (χ3n) is 5.14. The highest BCUT2D eigenvalue weighted by Crippen LogP contribution is 2.38. The molecule has 2 aromatic rings. The second kappa shape index (κ2) is 6.55. The van der Waals surface area contributed by atoms with Gasteiger partial charge in [-0.2, -0.15) is 10.2 Å². The zero-order chi connectivity index (χ0) is 17.6. The van der Waals surface area contributed by atoms with Crippen molar-refractivity contribution in [2.45, 2.75) is 57.3 Å². The van der Waals surface area contributed by atoms with E-state index in [9.17, 15) is 4.79 Å². The van der Waals surface area contributed by atoms with Crippen molar-refractivity contribution in [1.29, 1.82) is 0 Å². The Hall–Kier alpha value is -1.70. The normalized spacial score (nSPS) is 19.0. The summed E-state index contributed by atoms with van der Waals surface area (Å²) in [4.78, 5) is 19.3. The molecule has 0 aromatic carbocycles. The molecular weight excluding hydrogens is 384 g/mol. The van der Waals surface area contributed by atoms with E-state index in [-0.39, 0.29) is 5.91 Å². The molecule has 3 heterocycles. The summed E-state index contributed by atoms with van der Waals surface area (Å²) >= 11 is 3.53. The molecule has 2 aromatic heterocycles. The molecule has 2 fully saturated rings. The predicted molar refractivity (Wildman–Crippen MR) is 96.6 cm³/mol. The summed E-state index contributed by atoms with van der Waals surface area (Å²) in [6.45, 7) is 5.59. The van der Waals surface area contributed by atoms with Gasteiger partial charge in [0.15, 0.2) is 11.5 Å². The van der Waals surface area contributed by atoms with E-state index in [1.54, 1.807) is 0 Å². The number of hydrogen-bond acceptors (Lipinski definition) is 4. The lowest BCUT2D eigenvalue weighted by atomic mass is 9.96. The second-order valence-electron chi connectivity index (χ2n) is 7.37. The Bertz CT molecular complexity index is 770. The van der Waals surface area contributed by atoms with Crippen molar-refractivity contribution in [3.63, 3.8) is 0 Å². The summed E-state index contributed by atoms with van der Waals surface area (Å²) in [6.07, 6.45) is 4.23. The lowest BCUT2D eigenvalue weighted by Crippen LogP contribution is -2.38. The van der Waals surface area contributed by atoms with Crippen LogP contribution in [0.5, 0.6) is 0 Å². The molecule has 8 heteroatoms. The first-order chi connectivity index (χ1) is 12.0. The number of aromatic nitrogens is 5. The van der Waals surface area contributed by atoms with Crippen LogP contribution in [0.25, 0.3) is 0 Å². The van der Waals surface area contributed by atoms with Crippen LogP contribution in [-0.2, 0) is 0 Å². The number of likely N-dealkylation sites (tertiary alicyclic amines) is 1. The van der Waals surface area contributed by atoms with Crippen LogP contribution < -0.4 is 0 Å². The fourth-order valence-corrected chi connectivity index (χ4v) is 4.17. The van der Waals surface area contributed by atoms with Gasteiger partial charge < -0.3 is 4.90 Å². The predicted octanol–water partition coefficient (Wildman–Crippen LogP) is 3.31. The molecule has 0 radical (unpaired) electrons. The Kier molecular flexibility index (Phi) is 4.39. The topological polar surface area (TPSA) is 90.6 Å². The number of hydrogen-bond donors (Lipinski definition) is 2. The van der Waals surface area contributed by atoms with Gasteiger partial charge in [0.1, 0.15) is 5.82 Å². The van der Waals surface area contributed by atoms with Crippen LogP contribution in [0.3, 0.4) is 0 Å². The van der Waals surface area contributed by atoms with Gasteiger partial charge in [-0.1, -0.05) is 13.8 Å². The molecule has 2 aliphatic rings. The van der Waals surface area contributed by atoms with Crippen molar-refractivity contribution in [2.24, 2.45) is 0 Å². The number of piperidine rings is 1. The van der Waals surface area contributed by atoms with Crippen molar-refractivity contribution in [1.82, 2.24) is 30.3 Å². The van der Waals surface area contributed by atoms with Gasteiger partial charge in [-0.3, -0.25) is 15.0 Å². The smallest absolute Gasteiger partial charge is 0.275 e. The van der Waals surface area contributed by atoms with Gasteiger partial charge in [-0.25, -0.2) is 4.98 Å². The standard InChI is InChI=1S/C17H23BrN6O/c1-9(2)13-12(18)14(21-20-13)17(25)24-7-5-11(6-8-24)16-19-15(22-23-16)10-3-4-10/h9-11H,3-8H2,1-2H3,(H,20,21)(H,19,22,23). The van der Waals surface area contributed by atoms with Gasteiger partial charge in [0, 0.05) is 24.9 Å². The van der Waals surface area contributed by atoms with Gasteiger partial charge in [0.2, 0.25) is 0 Å². The summed E-state index contributed by atoms with van der Waals surface area (Å²) in [5.74, 6) is 3.16. The molecule has 0 atom stereocenters. The maximum Gasteiger partial charge on any atom is 0.275 e. The van der Waals surface area contributed by atoms with Gasteiger partial charge in [0.25, 0.3) is 5.91 Å². The first-order valence-corrected chi connectivity index (χ1v) is 9.79. The molecule has 1 amide bonds. The largest absolute Gasteiger partial charge is 0.337 e. The van der Waals surface area contributed by atoms with Crippen molar-refractivity contribution < 1.29 is 4.79 Å². The van der Waals surface area contributed by atoms with Crippen LogP contribution >= 0.6 is 15.9 Å². The van der Waals surface area contributed by atoms with Crippen molar-refractivity contribution in [2.75, 3.05) is 13.1 Å². The summed E-state index contributed by atoms with van der Waals surface area (Å²) < 4.78 is 0.791. The molecule has 0 unspecified atom stereocenters. The highest BCUT2D eigenvalue weighted by Gasteiger charge is 2.32. The minimum atomic E-state index is -0.00952. The van der Waals surface area contributed by atoms with Crippen LogP contribution in [0.4, 0.5) is 0 Å². The quantitative estimate of drug-likeness (QED) is 0.814. The minimum absolute atomic E-state index is 0.00952. The first-order valence-electron chi connectivity index (χ1n) is 8.99. The fourth-order valence-electron chi connectivity index (χ4n) is 3.37. The number of carbonyl (C=O) groups excluding carboxylic acids is 1. The molecule has 2 N–H and O–H groups in total. The molecular formula is C17H23BrN6O. The van der Waals surface area contributed by atoms with E-state index < -0.39 is 0 Å². The maximum atomic E-state index is 12.8. The van der Waals surface area contributed by atoms with E-state index in [0.29, 0.717) is 23.4 Å². The van der Waals surface area contributed by atoms with Crippen LogP contribution in [0.1, 0.15) is 85.1 Å². The Morgan fingerprint density at radius 2 is 1.84 bits per heavy atom. The molecule has 4 rings (SSSR count). The highest BCUT2D eigenvalue weighted by atomic mass is 79.9. The molecule has 0 spiro atoms. The van der Waals surface area contributed by atoms with Crippen LogP contribution in [0.15, 0.2) is 4.47 Å². The number of nitrogens with zero attached hydrogens (tertiary/aromatic N) is 4. The summed E-state index contributed by atoms with van der Waals surface area (Å²) in [6, 6.07) is 0. The zero-order valence-corrected chi connectivity index (χ0v) is 16.1. The van der Waals surface area contributed by atoms with Crippen LogP contribution in [0.2, 0.25) is 0 Å². The van der Waals surface area contributed by atoms with Gasteiger partial charge in [-0.15, -0.1) is 0 Å². The van der Waals surface area contributed by atoms with Crippen molar-refractivity contribution >= 4 is 21.8 Å². The van der Waals surface area contributed by atoms with Gasteiger partial charge >= 0.3 is 0 Å². The summed E-state index contributed by atoms with van der Waals surface area (Å²) in [5.41, 5.74) is 1.45. The summed E-state index contributed by atoms with van der Waals surface area (Å²) in [5, 5.41) is 14.7. The second-order valence-corrected chi connectivity index (χ2v) is 8.17. The summed E-state index contributed by atoms with van der Waals surface area (Å²) in [7, 11) is 0. The molecule has 134 valence electrons. The minimum Gasteiger partial charge on any atom is -0.337 e. The number of rotatable bonds is 4. The highest BCUT2D eigenvalue weighted by molar-refractivity contribution is 9.10. The Morgan fingerprint density at radius 3 is 2.44 bits per heavy atom. The number of nitrogens with one attached hydrogen (secondary N) is 2. The van der Waals surface area contributed by atoms with E-state index in [4.69, 9.17) is 0 Å². The lowest BCUT2D eigenvalue weighted by Gasteiger charge is -2.30. The van der Waals surface area contributed by atoms with E-state index in [2.05, 4.69) is 55.2 Å². The van der Waals surface area contributed by atoms with Crippen molar-refractivity contribution in [3.05, 3.63) is 27.5 Å². The molecule has 1 aliphatic carbocycles. The Balaban J connectivity index is 1.40. The lowest BCUT2D eigenvalue weighted by molar-refractivity contribution is 0.0704. The molecule has 1 saturated carbocycles. The SMILES string of the molecule is CC(C)c1[nH]nc(C(=O)N2CCC(c3nc(C4CC4)n[nH]3)CC2)c1Br. The van der Waals surface area contributed by atoms with Gasteiger partial charge in [-0.05, 0) is 47.5 Å². The molecule has 0 bridgehead atoms. The average Bonchev–Trinajstić information content (AvgIpc) is 3.21. The molecule has 1 aliphatic heterocycles. The molecule has 1 saturated heterocycles. The van der Waals surface area contributed by atoms with E-state index in [1.807, 2.05) is 4.90 Å². The fraction of sp³-hybridized carbons (Fsp3) is 0.647.